The van der Waals surface area contributed by atoms with Gasteiger partial charge in [0, 0.05) is 13.7 Å². The molecule has 1 atom stereocenters. The summed E-state index contributed by atoms with van der Waals surface area (Å²) in [5.41, 5.74) is 0.836. The number of methoxy groups -OCH3 is 1. The summed E-state index contributed by atoms with van der Waals surface area (Å²) in [7, 11) is 1.63. The molecule has 0 fully saturated rings. The maximum absolute atomic E-state index is 12.3. The SMILES string of the molecule is CCOC(=O)C(c1ccccc1)c1nncn1CCOC. The van der Waals surface area contributed by atoms with Crippen LogP contribution in [0.2, 0.25) is 0 Å². The number of rotatable bonds is 7. The molecule has 2 aromatic rings. The van der Waals surface area contributed by atoms with Crippen molar-refractivity contribution in [1.82, 2.24) is 14.8 Å². The molecule has 0 spiro atoms. The van der Waals surface area contributed by atoms with Crippen LogP contribution in [-0.4, -0.2) is 41.1 Å². The van der Waals surface area contributed by atoms with E-state index in [0.717, 1.165) is 5.56 Å². The van der Waals surface area contributed by atoms with Gasteiger partial charge in [-0.15, -0.1) is 10.2 Å². The number of nitrogens with zero attached hydrogens (tertiary/aromatic N) is 3. The minimum atomic E-state index is -0.578. The Morgan fingerprint density at radius 1 is 1.33 bits per heavy atom. The summed E-state index contributed by atoms with van der Waals surface area (Å²) in [4.78, 5) is 12.3. The molecule has 0 saturated heterocycles. The lowest BCUT2D eigenvalue weighted by Gasteiger charge is -2.16. The summed E-state index contributed by atoms with van der Waals surface area (Å²) >= 11 is 0. The first-order valence-electron chi connectivity index (χ1n) is 6.86. The molecular weight excluding hydrogens is 270 g/mol. The quantitative estimate of drug-likeness (QED) is 0.725. The van der Waals surface area contributed by atoms with E-state index in [9.17, 15) is 4.79 Å². The predicted octanol–water partition coefficient (Wildman–Crippen LogP) is 1.62. The Kier molecular flexibility index (Phi) is 5.45. The van der Waals surface area contributed by atoms with Gasteiger partial charge in [-0.2, -0.15) is 0 Å². The molecule has 0 radical (unpaired) electrons. The molecule has 6 heteroatoms. The van der Waals surface area contributed by atoms with E-state index in [0.29, 0.717) is 25.6 Å². The van der Waals surface area contributed by atoms with Gasteiger partial charge >= 0.3 is 5.97 Å². The number of hydrogen-bond acceptors (Lipinski definition) is 5. The first kappa shape index (κ1) is 15.2. The van der Waals surface area contributed by atoms with Gasteiger partial charge < -0.3 is 14.0 Å². The van der Waals surface area contributed by atoms with Crippen molar-refractivity contribution in [3.63, 3.8) is 0 Å². The molecule has 0 bridgehead atoms. The largest absolute Gasteiger partial charge is 0.465 e. The summed E-state index contributed by atoms with van der Waals surface area (Å²) in [6, 6.07) is 9.45. The van der Waals surface area contributed by atoms with Gasteiger partial charge in [0.2, 0.25) is 0 Å². The number of esters is 1. The summed E-state index contributed by atoms with van der Waals surface area (Å²) in [6.45, 7) is 3.22. The third-order valence-electron chi connectivity index (χ3n) is 3.10. The lowest BCUT2D eigenvalue weighted by Crippen LogP contribution is -2.22. The molecule has 0 N–H and O–H groups in total. The van der Waals surface area contributed by atoms with Crippen LogP contribution in [0.5, 0.6) is 0 Å². The molecule has 1 heterocycles. The fourth-order valence-electron chi connectivity index (χ4n) is 2.11. The van der Waals surface area contributed by atoms with Crippen molar-refractivity contribution in [1.29, 1.82) is 0 Å². The standard InChI is InChI=1S/C15H19N3O3/c1-3-21-15(19)13(12-7-5-4-6-8-12)14-17-16-11-18(14)9-10-20-2/h4-8,11,13H,3,9-10H2,1-2H3. The molecular formula is C15H19N3O3. The van der Waals surface area contributed by atoms with E-state index >= 15 is 0 Å². The van der Waals surface area contributed by atoms with Crippen LogP contribution >= 0.6 is 0 Å². The van der Waals surface area contributed by atoms with E-state index in [1.807, 2.05) is 34.9 Å². The van der Waals surface area contributed by atoms with Gasteiger partial charge in [-0.05, 0) is 12.5 Å². The highest BCUT2D eigenvalue weighted by atomic mass is 16.5. The zero-order chi connectivity index (χ0) is 15.1. The Morgan fingerprint density at radius 2 is 2.10 bits per heavy atom. The molecule has 0 aliphatic carbocycles. The Labute approximate surface area is 123 Å². The van der Waals surface area contributed by atoms with Crippen molar-refractivity contribution < 1.29 is 14.3 Å². The fourth-order valence-corrected chi connectivity index (χ4v) is 2.11. The Balaban J connectivity index is 2.36. The van der Waals surface area contributed by atoms with E-state index in [4.69, 9.17) is 9.47 Å². The molecule has 0 saturated carbocycles. The second kappa shape index (κ2) is 7.54. The van der Waals surface area contributed by atoms with E-state index in [2.05, 4.69) is 10.2 Å². The highest BCUT2D eigenvalue weighted by molar-refractivity contribution is 5.81. The van der Waals surface area contributed by atoms with E-state index in [-0.39, 0.29) is 5.97 Å². The number of aromatic nitrogens is 3. The second-order valence-corrected chi connectivity index (χ2v) is 4.47. The van der Waals surface area contributed by atoms with Gasteiger partial charge in [-0.3, -0.25) is 4.79 Å². The number of ether oxygens (including phenoxy) is 2. The topological polar surface area (TPSA) is 66.2 Å². The van der Waals surface area contributed by atoms with Crippen molar-refractivity contribution in [2.45, 2.75) is 19.4 Å². The summed E-state index contributed by atoms with van der Waals surface area (Å²) in [5.74, 6) is -0.336. The minimum absolute atomic E-state index is 0.324. The van der Waals surface area contributed by atoms with Crippen molar-refractivity contribution in [3.05, 3.63) is 48.0 Å². The molecule has 1 aromatic heterocycles. The summed E-state index contributed by atoms with van der Waals surface area (Å²) < 4.78 is 12.1. The zero-order valence-corrected chi connectivity index (χ0v) is 12.2. The van der Waals surface area contributed by atoms with Gasteiger partial charge in [-0.25, -0.2) is 0 Å². The number of hydrogen-bond donors (Lipinski definition) is 0. The zero-order valence-electron chi connectivity index (χ0n) is 12.2. The van der Waals surface area contributed by atoms with Crippen molar-refractivity contribution in [2.24, 2.45) is 0 Å². The third-order valence-corrected chi connectivity index (χ3v) is 3.10. The van der Waals surface area contributed by atoms with Crippen LogP contribution in [0.4, 0.5) is 0 Å². The maximum Gasteiger partial charge on any atom is 0.321 e. The highest BCUT2D eigenvalue weighted by Gasteiger charge is 2.28. The van der Waals surface area contributed by atoms with Gasteiger partial charge in [0.15, 0.2) is 5.82 Å². The minimum Gasteiger partial charge on any atom is -0.465 e. The lowest BCUT2D eigenvalue weighted by atomic mass is 9.98. The first-order valence-corrected chi connectivity index (χ1v) is 6.86. The van der Waals surface area contributed by atoms with Crippen LogP contribution in [0.3, 0.4) is 0 Å². The Bertz CT molecular complexity index is 569. The smallest absolute Gasteiger partial charge is 0.321 e. The highest BCUT2D eigenvalue weighted by Crippen LogP contribution is 2.24. The van der Waals surface area contributed by atoms with E-state index in [1.54, 1.807) is 20.4 Å². The molecule has 0 amide bonds. The summed E-state index contributed by atoms with van der Waals surface area (Å²) in [5, 5.41) is 8.02. The van der Waals surface area contributed by atoms with Gasteiger partial charge in [-0.1, -0.05) is 30.3 Å². The average Bonchev–Trinajstić information content (AvgIpc) is 2.95. The number of carbonyl (C=O) groups excluding carboxylic acids is 1. The van der Waals surface area contributed by atoms with Gasteiger partial charge in [0.1, 0.15) is 12.2 Å². The third kappa shape index (κ3) is 3.66. The summed E-state index contributed by atoms with van der Waals surface area (Å²) in [6.07, 6.45) is 1.60. The van der Waals surface area contributed by atoms with Crippen molar-refractivity contribution >= 4 is 5.97 Å². The molecule has 1 aromatic carbocycles. The normalized spacial score (nSPS) is 12.1. The predicted molar refractivity (Wildman–Crippen MR) is 76.8 cm³/mol. The average molecular weight is 289 g/mol. The molecule has 1 unspecified atom stereocenters. The van der Waals surface area contributed by atoms with Crippen LogP contribution in [0.15, 0.2) is 36.7 Å². The Morgan fingerprint density at radius 3 is 2.76 bits per heavy atom. The van der Waals surface area contributed by atoms with Gasteiger partial charge in [0.05, 0.1) is 13.2 Å². The first-order chi connectivity index (χ1) is 10.3. The van der Waals surface area contributed by atoms with E-state index in [1.165, 1.54) is 0 Å². The van der Waals surface area contributed by atoms with Crippen LogP contribution < -0.4 is 0 Å². The maximum atomic E-state index is 12.3. The molecule has 0 aliphatic rings. The van der Waals surface area contributed by atoms with Crippen molar-refractivity contribution in [3.8, 4) is 0 Å². The Hall–Kier alpha value is -2.21. The van der Waals surface area contributed by atoms with Gasteiger partial charge in [0.25, 0.3) is 0 Å². The van der Waals surface area contributed by atoms with Crippen molar-refractivity contribution in [2.75, 3.05) is 20.3 Å². The van der Waals surface area contributed by atoms with E-state index < -0.39 is 5.92 Å². The van der Waals surface area contributed by atoms with Crippen LogP contribution in [0.25, 0.3) is 0 Å². The van der Waals surface area contributed by atoms with Crippen LogP contribution in [0.1, 0.15) is 24.2 Å². The molecule has 0 aliphatic heterocycles. The molecule has 112 valence electrons. The molecule has 6 nitrogen and oxygen atoms in total. The second-order valence-electron chi connectivity index (χ2n) is 4.47. The number of benzene rings is 1. The monoisotopic (exact) mass is 289 g/mol. The van der Waals surface area contributed by atoms with Crippen LogP contribution in [-0.2, 0) is 20.8 Å². The molecule has 21 heavy (non-hydrogen) atoms. The molecule has 2 rings (SSSR count). The number of carbonyl (C=O) groups is 1. The fraction of sp³-hybridized carbons (Fsp3) is 0.400. The van der Waals surface area contributed by atoms with Crippen LogP contribution in [0, 0.1) is 0 Å². The lowest BCUT2D eigenvalue weighted by molar-refractivity contribution is -0.144.